The zero-order valence-corrected chi connectivity index (χ0v) is 12.2. The predicted octanol–water partition coefficient (Wildman–Crippen LogP) is 1.98. The summed E-state index contributed by atoms with van der Waals surface area (Å²) in [5.74, 6) is 0. The third-order valence-electron chi connectivity index (χ3n) is 4.08. The lowest BCUT2D eigenvalue weighted by Crippen LogP contribution is -2.36. The van der Waals surface area contributed by atoms with Gasteiger partial charge in [0.1, 0.15) is 5.52 Å². The molecule has 0 N–H and O–H groups in total. The number of hydrogen-bond acceptors (Lipinski definition) is 5. The summed E-state index contributed by atoms with van der Waals surface area (Å²) >= 11 is 0. The van der Waals surface area contributed by atoms with Gasteiger partial charge in [-0.3, -0.25) is 4.90 Å². The van der Waals surface area contributed by atoms with E-state index >= 15 is 0 Å². The fourth-order valence-electron chi connectivity index (χ4n) is 2.83. The molecule has 0 amide bonds. The first-order chi connectivity index (χ1) is 9.67. The summed E-state index contributed by atoms with van der Waals surface area (Å²) in [6, 6.07) is 9.01. The van der Waals surface area contributed by atoms with Gasteiger partial charge in [0.25, 0.3) is 6.01 Å². The molecule has 20 heavy (non-hydrogen) atoms. The second kappa shape index (κ2) is 5.42. The van der Waals surface area contributed by atoms with E-state index in [1.165, 1.54) is 0 Å². The summed E-state index contributed by atoms with van der Waals surface area (Å²) in [5.41, 5.74) is 1.74. The van der Waals surface area contributed by atoms with Crippen LogP contribution >= 0.6 is 0 Å². The second-order valence-electron chi connectivity index (χ2n) is 5.53. The van der Waals surface area contributed by atoms with Gasteiger partial charge in [0.15, 0.2) is 5.58 Å². The van der Waals surface area contributed by atoms with Crippen LogP contribution in [0, 0.1) is 0 Å². The van der Waals surface area contributed by atoms with Gasteiger partial charge in [-0.25, -0.2) is 0 Å². The van der Waals surface area contributed by atoms with Crippen molar-refractivity contribution in [1.82, 2.24) is 9.88 Å². The van der Waals surface area contributed by atoms with Crippen LogP contribution in [0.1, 0.15) is 6.42 Å². The topological polar surface area (TPSA) is 41.7 Å². The standard InChI is InChI=1S/C15H21N3O2/c1-17-10-12(19-3)8-11(17)9-18(2)15-16-13-6-4-5-7-14(13)20-15/h4-7,11-12H,8-10H2,1-3H3/t11-,12-/m0/s1. The van der Waals surface area contributed by atoms with Crippen LogP contribution in [0.4, 0.5) is 6.01 Å². The molecule has 1 aromatic heterocycles. The van der Waals surface area contributed by atoms with Crippen LogP contribution in [0.2, 0.25) is 0 Å². The number of benzene rings is 1. The fourth-order valence-corrected chi connectivity index (χ4v) is 2.83. The van der Waals surface area contributed by atoms with Gasteiger partial charge in [0.05, 0.1) is 6.10 Å². The van der Waals surface area contributed by atoms with Crippen molar-refractivity contribution in [2.75, 3.05) is 39.2 Å². The average Bonchev–Trinajstić information content (AvgIpc) is 3.02. The van der Waals surface area contributed by atoms with Crippen molar-refractivity contribution in [1.29, 1.82) is 0 Å². The van der Waals surface area contributed by atoms with Crippen LogP contribution in [0.3, 0.4) is 0 Å². The Morgan fingerprint density at radius 3 is 2.95 bits per heavy atom. The number of nitrogens with zero attached hydrogens (tertiary/aromatic N) is 3. The van der Waals surface area contributed by atoms with E-state index in [1.54, 1.807) is 7.11 Å². The lowest BCUT2D eigenvalue weighted by molar-refractivity contribution is 0.111. The van der Waals surface area contributed by atoms with Gasteiger partial charge in [-0.05, 0) is 25.6 Å². The molecule has 0 spiro atoms. The minimum absolute atomic E-state index is 0.335. The monoisotopic (exact) mass is 275 g/mol. The molecule has 1 aromatic carbocycles. The van der Waals surface area contributed by atoms with Crippen LogP contribution < -0.4 is 4.90 Å². The first-order valence-electron chi connectivity index (χ1n) is 6.97. The van der Waals surface area contributed by atoms with E-state index in [0.717, 1.165) is 30.6 Å². The van der Waals surface area contributed by atoms with Crippen molar-refractivity contribution in [3.05, 3.63) is 24.3 Å². The zero-order chi connectivity index (χ0) is 14.1. The molecular formula is C15H21N3O2. The number of methoxy groups -OCH3 is 1. The molecule has 1 fully saturated rings. The normalized spacial score (nSPS) is 23.6. The van der Waals surface area contributed by atoms with E-state index < -0.39 is 0 Å². The van der Waals surface area contributed by atoms with Crippen molar-refractivity contribution < 1.29 is 9.15 Å². The lowest BCUT2D eigenvalue weighted by Gasteiger charge is -2.24. The molecule has 2 aromatic rings. The maximum atomic E-state index is 5.79. The highest BCUT2D eigenvalue weighted by molar-refractivity contribution is 5.74. The third-order valence-corrected chi connectivity index (χ3v) is 4.08. The van der Waals surface area contributed by atoms with Gasteiger partial charge in [-0.2, -0.15) is 4.98 Å². The molecule has 0 radical (unpaired) electrons. The number of ether oxygens (including phenoxy) is 1. The van der Waals surface area contributed by atoms with Crippen LogP contribution in [0.25, 0.3) is 11.1 Å². The van der Waals surface area contributed by atoms with E-state index in [4.69, 9.17) is 9.15 Å². The first-order valence-corrected chi connectivity index (χ1v) is 6.97. The van der Waals surface area contributed by atoms with Crippen molar-refractivity contribution in [2.45, 2.75) is 18.6 Å². The maximum Gasteiger partial charge on any atom is 0.298 e. The Kier molecular flexibility index (Phi) is 3.63. The highest BCUT2D eigenvalue weighted by atomic mass is 16.5. The average molecular weight is 275 g/mol. The Hall–Kier alpha value is -1.59. The van der Waals surface area contributed by atoms with E-state index in [1.807, 2.05) is 31.3 Å². The molecule has 1 aliphatic heterocycles. The molecule has 0 unspecified atom stereocenters. The van der Waals surface area contributed by atoms with E-state index in [-0.39, 0.29) is 0 Å². The third kappa shape index (κ3) is 2.51. The number of anilines is 1. The number of aromatic nitrogens is 1. The highest BCUT2D eigenvalue weighted by Crippen LogP contribution is 2.23. The summed E-state index contributed by atoms with van der Waals surface area (Å²) in [5, 5.41) is 0. The molecule has 5 nitrogen and oxygen atoms in total. The van der Waals surface area contributed by atoms with E-state index in [0.29, 0.717) is 18.2 Å². The molecule has 0 saturated carbocycles. The number of hydrogen-bond donors (Lipinski definition) is 0. The maximum absolute atomic E-state index is 5.79. The van der Waals surface area contributed by atoms with Crippen LogP contribution in [-0.2, 0) is 4.74 Å². The molecular weight excluding hydrogens is 254 g/mol. The molecule has 0 bridgehead atoms. The number of para-hydroxylation sites is 2. The molecule has 108 valence electrons. The van der Waals surface area contributed by atoms with Gasteiger partial charge in [0, 0.05) is 33.3 Å². The lowest BCUT2D eigenvalue weighted by atomic mass is 10.2. The summed E-state index contributed by atoms with van der Waals surface area (Å²) in [7, 11) is 5.95. The number of oxazole rings is 1. The molecule has 0 aliphatic carbocycles. The summed E-state index contributed by atoms with van der Waals surface area (Å²) in [6.07, 6.45) is 1.39. The summed E-state index contributed by atoms with van der Waals surface area (Å²) in [4.78, 5) is 8.95. The molecule has 5 heteroatoms. The van der Waals surface area contributed by atoms with Gasteiger partial charge in [-0.15, -0.1) is 0 Å². The number of likely N-dealkylation sites (N-methyl/N-ethyl adjacent to an activating group) is 2. The fraction of sp³-hybridized carbons (Fsp3) is 0.533. The van der Waals surface area contributed by atoms with Gasteiger partial charge in [0.2, 0.25) is 0 Å². The largest absolute Gasteiger partial charge is 0.423 e. The van der Waals surface area contributed by atoms with Gasteiger partial charge < -0.3 is 14.1 Å². The minimum Gasteiger partial charge on any atom is -0.423 e. The number of fused-ring (bicyclic) bond motifs is 1. The van der Waals surface area contributed by atoms with E-state index in [9.17, 15) is 0 Å². The second-order valence-corrected chi connectivity index (χ2v) is 5.53. The van der Waals surface area contributed by atoms with E-state index in [2.05, 4.69) is 21.8 Å². The van der Waals surface area contributed by atoms with Crippen molar-refractivity contribution >= 4 is 17.1 Å². The summed E-state index contributed by atoms with van der Waals surface area (Å²) < 4.78 is 11.2. The van der Waals surface area contributed by atoms with Gasteiger partial charge >= 0.3 is 0 Å². The predicted molar refractivity (Wildman–Crippen MR) is 79.1 cm³/mol. The van der Waals surface area contributed by atoms with Crippen LogP contribution in [0.15, 0.2) is 28.7 Å². The Morgan fingerprint density at radius 2 is 2.25 bits per heavy atom. The zero-order valence-electron chi connectivity index (χ0n) is 12.2. The molecule has 1 aliphatic rings. The Morgan fingerprint density at radius 1 is 1.45 bits per heavy atom. The Labute approximate surface area is 119 Å². The van der Waals surface area contributed by atoms with Crippen molar-refractivity contribution in [3.63, 3.8) is 0 Å². The number of likely N-dealkylation sites (tertiary alicyclic amines) is 1. The molecule has 3 rings (SSSR count). The Balaban J connectivity index is 1.71. The highest BCUT2D eigenvalue weighted by Gasteiger charge is 2.30. The van der Waals surface area contributed by atoms with Crippen molar-refractivity contribution in [2.24, 2.45) is 0 Å². The molecule has 1 saturated heterocycles. The molecule has 2 heterocycles. The van der Waals surface area contributed by atoms with Gasteiger partial charge in [-0.1, -0.05) is 12.1 Å². The van der Waals surface area contributed by atoms with Crippen LogP contribution in [-0.4, -0.2) is 56.3 Å². The first kappa shape index (κ1) is 13.4. The molecule has 2 atom stereocenters. The number of rotatable bonds is 4. The quantitative estimate of drug-likeness (QED) is 0.853. The Bertz CT molecular complexity index is 550. The SMILES string of the molecule is CO[C@H]1C[C@@H](CN(C)c2nc3ccccc3o2)N(C)C1. The summed E-state index contributed by atoms with van der Waals surface area (Å²) in [6.45, 7) is 1.88. The smallest absolute Gasteiger partial charge is 0.298 e. The van der Waals surface area contributed by atoms with Crippen LogP contribution in [0.5, 0.6) is 0 Å². The minimum atomic E-state index is 0.335. The van der Waals surface area contributed by atoms with Crippen molar-refractivity contribution in [3.8, 4) is 0 Å².